The van der Waals surface area contributed by atoms with E-state index < -0.39 is 0 Å². The van der Waals surface area contributed by atoms with Crippen LogP contribution in [0.5, 0.6) is 5.75 Å². The quantitative estimate of drug-likeness (QED) is 0.621. The molecule has 0 radical (unpaired) electrons. The number of alkyl halides is 1. The number of hydrogen-bond acceptors (Lipinski definition) is 1. The summed E-state index contributed by atoms with van der Waals surface area (Å²) in [7, 11) is 0. The summed E-state index contributed by atoms with van der Waals surface area (Å²) in [4.78, 5) is 0. The Morgan fingerprint density at radius 2 is 1.83 bits per heavy atom. The monoisotopic (exact) mass is 359 g/mol. The Balaban J connectivity index is 2.41. The second-order valence-corrected chi connectivity index (χ2v) is 9.15. The SMILES string of the molecule is CC[I-]c1cc(C(C)C)c(O)c(C(C)C2CC2)c1. The summed E-state index contributed by atoms with van der Waals surface area (Å²) in [6, 6.07) is 4.54. The molecular weight excluding hydrogens is 335 g/mol. The average molecular weight is 359 g/mol. The molecule has 0 bridgehead atoms. The van der Waals surface area contributed by atoms with Crippen LogP contribution in [0.2, 0.25) is 0 Å². The molecule has 1 aromatic rings. The van der Waals surface area contributed by atoms with Gasteiger partial charge in [0.15, 0.2) is 0 Å². The number of phenolic OH excluding ortho intramolecular Hbond substituents is 1. The van der Waals surface area contributed by atoms with Gasteiger partial charge in [0.1, 0.15) is 0 Å². The Labute approximate surface area is 121 Å². The van der Waals surface area contributed by atoms with Crippen LogP contribution >= 0.6 is 0 Å². The van der Waals surface area contributed by atoms with Gasteiger partial charge in [0.2, 0.25) is 0 Å². The summed E-state index contributed by atoms with van der Waals surface area (Å²) >= 11 is 0.122. The average Bonchev–Trinajstić information content (AvgIpc) is 3.14. The van der Waals surface area contributed by atoms with Crippen LogP contribution in [0.1, 0.15) is 63.5 Å². The van der Waals surface area contributed by atoms with Crippen molar-refractivity contribution in [2.45, 2.75) is 52.4 Å². The van der Waals surface area contributed by atoms with Crippen LogP contribution in [0, 0.1) is 9.49 Å². The Morgan fingerprint density at radius 3 is 2.33 bits per heavy atom. The molecule has 1 fully saturated rings. The van der Waals surface area contributed by atoms with Gasteiger partial charge in [-0.2, -0.15) is 0 Å². The van der Waals surface area contributed by atoms with Crippen molar-refractivity contribution in [2.75, 3.05) is 4.43 Å². The van der Waals surface area contributed by atoms with Crippen LogP contribution in [0.25, 0.3) is 0 Å². The summed E-state index contributed by atoms with van der Waals surface area (Å²) in [6.07, 6.45) is 2.68. The molecule has 1 aliphatic carbocycles. The van der Waals surface area contributed by atoms with Gasteiger partial charge in [-0.3, -0.25) is 0 Å². The second-order valence-electron chi connectivity index (χ2n) is 5.61. The molecule has 1 atom stereocenters. The molecule has 2 heteroatoms. The predicted octanol–water partition coefficient (Wildman–Crippen LogP) is 1.31. The molecule has 0 amide bonds. The van der Waals surface area contributed by atoms with Gasteiger partial charge < -0.3 is 0 Å². The van der Waals surface area contributed by atoms with E-state index in [4.69, 9.17) is 0 Å². The minimum absolute atomic E-state index is 0.122. The van der Waals surface area contributed by atoms with E-state index in [2.05, 4.69) is 39.8 Å². The van der Waals surface area contributed by atoms with E-state index in [1.807, 2.05) is 0 Å². The molecule has 0 heterocycles. The van der Waals surface area contributed by atoms with Gasteiger partial charge in [-0.05, 0) is 0 Å². The van der Waals surface area contributed by atoms with E-state index in [-0.39, 0.29) is 21.2 Å². The topological polar surface area (TPSA) is 20.2 Å². The Bertz CT molecular complexity index is 421. The maximum absolute atomic E-state index is 10.5. The second kappa shape index (κ2) is 5.81. The van der Waals surface area contributed by atoms with E-state index in [0.717, 1.165) is 11.5 Å². The molecule has 0 saturated heterocycles. The van der Waals surface area contributed by atoms with Gasteiger partial charge >= 0.3 is 122 Å². The Morgan fingerprint density at radius 1 is 1.22 bits per heavy atom. The predicted molar refractivity (Wildman–Crippen MR) is 72.6 cm³/mol. The zero-order chi connectivity index (χ0) is 13.3. The van der Waals surface area contributed by atoms with Crippen LogP contribution in [0.3, 0.4) is 0 Å². The fourth-order valence-corrected chi connectivity index (χ4v) is 4.50. The molecule has 102 valence electrons. The maximum atomic E-state index is 10.5. The van der Waals surface area contributed by atoms with Crippen molar-refractivity contribution in [1.82, 2.24) is 0 Å². The molecule has 1 N–H and O–H groups in total. The van der Waals surface area contributed by atoms with E-state index in [9.17, 15) is 5.11 Å². The van der Waals surface area contributed by atoms with Crippen LogP contribution in [0.4, 0.5) is 0 Å². The van der Waals surface area contributed by atoms with Crippen molar-refractivity contribution < 1.29 is 26.3 Å². The van der Waals surface area contributed by atoms with Gasteiger partial charge in [-0.1, -0.05) is 0 Å². The zero-order valence-corrected chi connectivity index (χ0v) is 14.0. The fourth-order valence-electron chi connectivity index (χ4n) is 2.51. The van der Waals surface area contributed by atoms with Crippen LogP contribution in [-0.4, -0.2) is 9.53 Å². The molecule has 0 aromatic heterocycles. The van der Waals surface area contributed by atoms with E-state index >= 15 is 0 Å². The molecular formula is C16H24IO-. The third kappa shape index (κ3) is 3.01. The summed E-state index contributed by atoms with van der Waals surface area (Å²) in [5.41, 5.74) is 2.37. The normalized spacial score (nSPS) is 17.4. The molecule has 1 nitrogen and oxygen atoms in total. The van der Waals surface area contributed by atoms with Gasteiger partial charge in [0.25, 0.3) is 0 Å². The summed E-state index contributed by atoms with van der Waals surface area (Å²) in [5, 5.41) is 10.5. The van der Waals surface area contributed by atoms with Crippen molar-refractivity contribution in [3.05, 3.63) is 26.8 Å². The minimum atomic E-state index is 0.122. The molecule has 0 spiro atoms. The number of aromatic hydroxyl groups is 1. The van der Waals surface area contributed by atoms with Crippen molar-refractivity contribution in [1.29, 1.82) is 0 Å². The number of phenols is 1. The summed E-state index contributed by atoms with van der Waals surface area (Å²) in [5.74, 6) is 2.33. The van der Waals surface area contributed by atoms with E-state index in [1.165, 1.54) is 26.4 Å². The molecule has 2 rings (SSSR count). The first kappa shape index (κ1) is 14.2. The first-order valence-corrected chi connectivity index (χ1v) is 9.61. The van der Waals surface area contributed by atoms with Gasteiger partial charge in [-0.15, -0.1) is 0 Å². The van der Waals surface area contributed by atoms with Crippen molar-refractivity contribution in [3.63, 3.8) is 0 Å². The van der Waals surface area contributed by atoms with Crippen LogP contribution < -0.4 is 21.2 Å². The number of benzene rings is 1. The van der Waals surface area contributed by atoms with Crippen molar-refractivity contribution in [2.24, 2.45) is 5.92 Å². The molecule has 1 unspecified atom stereocenters. The summed E-state index contributed by atoms with van der Waals surface area (Å²) in [6.45, 7) is 8.90. The first-order valence-electron chi connectivity index (χ1n) is 7.00. The zero-order valence-electron chi connectivity index (χ0n) is 11.8. The number of halogens is 1. The third-order valence-electron chi connectivity index (χ3n) is 3.86. The van der Waals surface area contributed by atoms with Gasteiger partial charge in [-0.25, -0.2) is 0 Å². The third-order valence-corrected chi connectivity index (χ3v) is 6.13. The number of hydrogen-bond donors (Lipinski definition) is 1. The van der Waals surface area contributed by atoms with Gasteiger partial charge in [0.05, 0.1) is 0 Å². The van der Waals surface area contributed by atoms with Crippen molar-refractivity contribution in [3.8, 4) is 5.75 Å². The van der Waals surface area contributed by atoms with Crippen molar-refractivity contribution >= 4 is 0 Å². The summed E-state index contributed by atoms with van der Waals surface area (Å²) < 4.78 is 2.78. The number of rotatable bonds is 5. The molecule has 1 aliphatic rings. The Kier molecular flexibility index (Phi) is 4.57. The molecule has 18 heavy (non-hydrogen) atoms. The molecule has 1 saturated carbocycles. The Hall–Kier alpha value is -0.250. The van der Waals surface area contributed by atoms with Crippen LogP contribution in [0.15, 0.2) is 12.1 Å². The molecule has 1 aromatic carbocycles. The van der Waals surface area contributed by atoms with E-state index in [0.29, 0.717) is 17.6 Å². The standard InChI is InChI=1S/C16H24IO/c1-5-17-13-8-14(10(2)3)16(18)15(9-13)11(4)12-6-7-12/h8-12,18H,5-7H2,1-4H3/q-1. The van der Waals surface area contributed by atoms with Crippen LogP contribution in [-0.2, 0) is 0 Å². The fraction of sp³-hybridized carbons (Fsp3) is 0.625. The van der Waals surface area contributed by atoms with E-state index in [1.54, 1.807) is 0 Å². The molecule has 0 aliphatic heterocycles. The first-order chi connectivity index (χ1) is 8.54. The van der Waals surface area contributed by atoms with Gasteiger partial charge in [0, 0.05) is 0 Å².